The number of benzene rings is 4. The van der Waals surface area contributed by atoms with E-state index < -0.39 is 223 Å². The maximum absolute atomic E-state index is 15.4. The average molecular weight is 1890 g/mol. The Hall–Kier alpha value is -14.0. The fraction of sp³-hybridized carbons (Fsp3) is 0.433. The second-order valence-corrected chi connectivity index (χ2v) is 35.7. The highest BCUT2D eigenvalue weighted by Gasteiger charge is 2.42. The highest BCUT2D eigenvalue weighted by Crippen LogP contribution is 2.26. The lowest BCUT2D eigenvalue weighted by Crippen LogP contribution is -2.63. The number of carbonyl (C=O) groups is 16. The third-order valence-electron chi connectivity index (χ3n) is 21.5. The number of phenolic OH excluding ortho intramolecular Hbond substituents is 1. The van der Waals surface area contributed by atoms with Crippen molar-refractivity contribution in [3.8, 4) is 5.75 Å². The van der Waals surface area contributed by atoms with Crippen molar-refractivity contribution in [1.29, 1.82) is 5.41 Å². The van der Waals surface area contributed by atoms with Crippen LogP contribution in [0, 0.1) is 10.8 Å². The van der Waals surface area contributed by atoms with Crippen molar-refractivity contribution < 1.29 is 97.1 Å². The number of rotatable bonds is 25. The zero-order valence-corrected chi connectivity index (χ0v) is 76.9. The molecule has 0 spiro atoms. The summed E-state index contributed by atoms with van der Waals surface area (Å²) >= 11 is 2.33. The Labute approximate surface area is 780 Å². The molecule has 7 aromatic rings. The lowest BCUT2D eigenvalue weighted by atomic mass is 9.85. The fourth-order valence-corrected chi connectivity index (χ4v) is 16.4. The number of guanidine groups is 1. The van der Waals surface area contributed by atoms with E-state index in [2.05, 4.69) is 94.4 Å². The molecule has 0 unspecified atom stereocenters. The van der Waals surface area contributed by atoms with Gasteiger partial charge in [-0.05, 0) is 120 Å². The lowest BCUT2D eigenvalue weighted by molar-refractivity contribution is -0.139. The third-order valence-corrected chi connectivity index (χ3v) is 23.7. The third kappa shape index (κ3) is 32.8. The molecule has 3 aromatic heterocycles. The van der Waals surface area contributed by atoms with Crippen LogP contribution in [0.3, 0.4) is 0 Å². The zero-order valence-electron chi connectivity index (χ0n) is 75.2. The van der Waals surface area contributed by atoms with Crippen LogP contribution in [0.1, 0.15) is 143 Å². The summed E-state index contributed by atoms with van der Waals surface area (Å²) in [6.45, 7) is 11.6. The van der Waals surface area contributed by atoms with Crippen LogP contribution in [-0.2, 0) is 116 Å². The Morgan fingerprint density at radius 2 is 1.04 bits per heavy atom. The number of nitrogens with two attached hydrogens (primary N) is 3. The van der Waals surface area contributed by atoms with Gasteiger partial charge in [-0.3, -0.25) is 82.1 Å². The molecule has 27 N–H and O–H groups in total. The Morgan fingerprint density at radius 1 is 0.552 bits per heavy atom. The predicted octanol–water partition coefficient (Wildman–Crippen LogP) is -0.830. The van der Waals surface area contributed by atoms with E-state index in [1.54, 1.807) is 89.2 Å². The number of nitrogens with one attached hydrogen (secondary N) is 17. The van der Waals surface area contributed by atoms with Gasteiger partial charge in [0.15, 0.2) is 5.96 Å². The van der Waals surface area contributed by atoms with Gasteiger partial charge in [-0.1, -0.05) is 108 Å². The first-order valence-electron chi connectivity index (χ1n) is 43.3. The number of nitrogens with zero attached hydrogens (tertiary/aromatic N) is 2. The largest absolute Gasteiger partial charge is 0.508 e. The Morgan fingerprint density at radius 3 is 1.54 bits per heavy atom. The maximum atomic E-state index is 15.4. The summed E-state index contributed by atoms with van der Waals surface area (Å²) in [7, 11) is 0. The van der Waals surface area contributed by atoms with Crippen molar-refractivity contribution in [3.05, 3.63) is 179 Å². The topological polar surface area (TPSA) is 682 Å². The number of fused-ring (bicyclic) bond motifs is 3. The fourth-order valence-electron chi connectivity index (χ4n) is 14.4. The standard InChI is InChI=1S/C90H118N22O20S2/c1-9-13-60-77(121)103-62(30-31-70(117)118)78(122)104-64(36-51-22-28-58(116)29-23-51)81(125)102-61(14-10-2)79(123)110-72(47(4)114)87(131)108-68(75(92)120)43-133-41-52-15-11-16-53(33-52)42-134-44-69(109-80(124)63(99-48(5)115)34-50-20-26-56(27-21-50)100-89(93)94)85(129)112-73(90(6,7)8)88(132)107-65(35-49-18-24-54(25-19-49)74(91)119)82(126)105-67(38-57-40-95-45-98-57)84(128)111-71(46(3)113)86(130)106-66(83(127)101-60)37-55-39-97-76-59(55)17-12-32-96-76/h11-12,15-29,32-33,39-40,45-47,60-69,71-73,113-114,116H,9-10,13-14,30-31,34-38,41-44H2,1-8H3,(H2,91,119)(H2,92,120)(H,95,98)(H,96,97)(H,99,115)(H,101,127)(H,102,125)(H,103,121)(H,104,122)(H,105,126)(H,106,130)(H,107,132)(H,108,131)(H,109,124)(H,110,123)(H,111,128)(H,112,129)(H,117,118)(H4,93,94,100)/t46-,47-,60+,61+,62+,63+,64+,65+,66+,67+,68+,69+,71+,72+,73-/m1/s1. The molecule has 0 aliphatic carbocycles. The number of aliphatic carboxylic acids is 1. The first-order valence-corrected chi connectivity index (χ1v) is 45.6. The van der Waals surface area contributed by atoms with Gasteiger partial charge in [0.25, 0.3) is 0 Å². The second-order valence-electron chi connectivity index (χ2n) is 33.6. The minimum absolute atomic E-state index is 0.0681. The van der Waals surface area contributed by atoms with Crippen LogP contribution in [-0.4, -0.2) is 243 Å². The van der Waals surface area contributed by atoms with Crippen LogP contribution >= 0.6 is 23.5 Å². The van der Waals surface area contributed by atoms with E-state index in [4.69, 9.17) is 22.6 Å². The number of phenols is 1. The second kappa shape index (κ2) is 50.6. The Bertz CT molecular complexity index is 5310. The molecule has 44 heteroatoms. The van der Waals surface area contributed by atoms with Crippen LogP contribution < -0.4 is 91.6 Å². The number of carboxylic acid groups (broad SMARTS) is 1. The molecule has 15 amide bonds. The van der Waals surface area contributed by atoms with Crippen molar-refractivity contribution in [3.63, 3.8) is 0 Å². The highest BCUT2D eigenvalue weighted by molar-refractivity contribution is 7.98. The van der Waals surface area contributed by atoms with Gasteiger partial charge in [-0.2, -0.15) is 23.5 Å². The maximum Gasteiger partial charge on any atom is 0.303 e. The summed E-state index contributed by atoms with van der Waals surface area (Å²) in [5, 5.41) is 87.8. The Kier molecular flexibility index (Phi) is 39.8. The number of aromatic nitrogens is 4. The van der Waals surface area contributed by atoms with Gasteiger partial charge in [-0.25, -0.2) is 9.97 Å². The highest BCUT2D eigenvalue weighted by atomic mass is 32.2. The number of carboxylic acids is 1. The first-order chi connectivity index (χ1) is 63.6. The first kappa shape index (κ1) is 105. The van der Waals surface area contributed by atoms with Crippen molar-refractivity contribution in [2.75, 3.05) is 16.8 Å². The van der Waals surface area contributed by atoms with Crippen molar-refractivity contribution in [2.24, 2.45) is 22.6 Å². The molecule has 0 saturated carbocycles. The molecule has 4 aromatic carbocycles. The summed E-state index contributed by atoms with van der Waals surface area (Å²) in [5.41, 5.74) is 19.8. The molecule has 1 aliphatic heterocycles. The number of thioether (sulfide) groups is 2. The van der Waals surface area contributed by atoms with Crippen LogP contribution in [0.2, 0.25) is 0 Å². The summed E-state index contributed by atoms with van der Waals surface area (Å²) in [6.07, 6.45) is -0.959. The van der Waals surface area contributed by atoms with Crippen molar-refractivity contribution >= 4 is 141 Å². The van der Waals surface area contributed by atoms with E-state index in [0.717, 1.165) is 18.7 Å². The number of aromatic hydroxyl groups is 1. The number of aliphatic hydroxyl groups excluding tert-OH is 2. The number of imidazole rings is 1. The molecule has 0 fully saturated rings. The van der Waals surface area contributed by atoms with Gasteiger partial charge < -0.3 is 122 Å². The van der Waals surface area contributed by atoms with E-state index in [-0.39, 0.29) is 84.5 Å². The number of H-pyrrole nitrogens is 2. The van der Waals surface area contributed by atoms with E-state index in [9.17, 15) is 68.4 Å². The molecule has 4 heterocycles. The van der Waals surface area contributed by atoms with E-state index in [1.807, 2.05) is 6.07 Å². The number of anilines is 1. The Balaban J connectivity index is 1.20. The molecular weight excluding hydrogens is 1770 g/mol. The molecule has 2 bridgehead atoms. The van der Waals surface area contributed by atoms with Crippen LogP contribution in [0.15, 0.2) is 134 Å². The number of hydrogen-bond acceptors (Lipinski definition) is 24. The van der Waals surface area contributed by atoms with Gasteiger partial charge in [0.05, 0.1) is 18.5 Å². The number of carbonyl (C=O) groups excluding carboxylic acids is 15. The summed E-state index contributed by atoms with van der Waals surface area (Å²) < 4.78 is 0. The molecule has 720 valence electrons. The molecule has 15 atom stereocenters. The van der Waals surface area contributed by atoms with E-state index in [1.165, 1.54) is 99.1 Å². The summed E-state index contributed by atoms with van der Waals surface area (Å²) in [6, 6.07) is 6.37. The number of aromatic amines is 2. The summed E-state index contributed by atoms with van der Waals surface area (Å²) in [5.74, 6) is -16.9. The van der Waals surface area contributed by atoms with Crippen LogP contribution in [0.5, 0.6) is 5.75 Å². The molecule has 42 nitrogen and oxygen atoms in total. The molecular formula is C90H118N22O20S2. The minimum Gasteiger partial charge on any atom is -0.508 e. The van der Waals surface area contributed by atoms with Gasteiger partial charge in [0.2, 0.25) is 88.6 Å². The number of hydrogen-bond donors (Lipinski definition) is 24. The van der Waals surface area contributed by atoms with Gasteiger partial charge in [0.1, 0.15) is 89.9 Å². The van der Waals surface area contributed by atoms with Gasteiger partial charge >= 0.3 is 5.97 Å². The minimum atomic E-state index is -2.00. The monoisotopic (exact) mass is 1890 g/mol. The molecule has 134 heavy (non-hydrogen) atoms. The smallest absolute Gasteiger partial charge is 0.303 e. The molecule has 0 radical (unpaired) electrons. The van der Waals surface area contributed by atoms with Crippen LogP contribution in [0.4, 0.5) is 5.69 Å². The van der Waals surface area contributed by atoms with Crippen molar-refractivity contribution in [1.82, 2.24) is 89.1 Å². The molecule has 1 aliphatic rings. The number of amides is 15. The SMILES string of the molecule is CCC[C@@H]1NC(=O)[C@H](Cc2c[nH]c3ncccc23)NC(=O)[C@H]([C@@H](C)O)NC(=O)[C@H](Cc2cnc[nH]2)NC(=O)[C@H](Cc2ccc(C(N)=O)cc2)NC(=O)[C@H](C(C)(C)C)NC(=O)[C@@H](NC(=O)[C@H](Cc2ccc(NC(=N)N)cc2)NC(C)=O)CSCc2cccc(c2)CSC[C@@H](C(N)=O)NC(=O)[C@H]([C@@H](C)O)NC(=O)[C@H](CCC)NC(=O)[C@H](Cc2ccc(O)cc2)NC(=O)[C@H](CCC(=O)O)NC1=O. The molecule has 8 rings (SSSR count). The quantitative estimate of drug-likeness (QED) is 0.0245. The normalized spacial score (nSPS) is 22.3. The van der Waals surface area contributed by atoms with Gasteiger partial charge in [0, 0.05) is 109 Å². The van der Waals surface area contributed by atoms with E-state index in [0.29, 0.717) is 50.1 Å². The van der Waals surface area contributed by atoms with Crippen LogP contribution in [0.25, 0.3) is 11.0 Å². The molecule has 0 saturated heterocycles. The number of aliphatic hydroxyl groups is 2. The predicted molar refractivity (Wildman–Crippen MR) is 496 cm³/mol. The van der Waals surface area contributed by atoms with Gasteiger partial charge in [-0.15, -0.1) is 0 Å². The van der Waals surface area contributed by atoms with E-state index >= 15 is 28.8 Å². The number of primary amides is 2. The summed E-state index contributed by atoms with van der Waals surface area (Å²) in [4.78, 5) is 245. The zero-order chi connectivity index (χ0) is 98.2. The lowest BCUT2D eigenvalue weighted by Gasteiger charge is -2.33. The average Bonchev–Trinajstić information content (AvgIpc) is 1.59. The number of pyridine rings is 1. The van der Waals surface area contributed by atoms with Crippen molar-refractivity contribution in [2.45, 2.75) is 228 Å².